The molecule has 8 heteroatoms. The molecular weight excluding hydrogens is 314 g/mol. The van der Waals surface area contributed by atoms with Crippen LogP contribution >= 0.6 is 0 Å². The Bertz CT molecular complexity index is 607. The molecule has 0 amide bonds. The monoisotopic (exact) mass is 333 g/mol. The highest BCUT2D eigenvalue weighted by Crippen LogP contribution is 2.01. The van der Waals surface area contributed by atoms with Crippen LogP contribution < -0.4 is 0 Å². The summed E-state index contributed by atoms with van der Waals surface area (Å²) in [6.07, 6.45) is 0. The van der Waals surface area contributed by atoms with Crippen molar-refractivity contribution in [2.45, 2.75) is 6.61 Å². The Morgan fingerprint density at radius 1 is 1.12 bits per heavy atom. The van der Waals surface area contributed by atoms with Gasteiger partial charge in [0.25, 0.3) is 0 Å². The van der Waals surface area contributed by atoms with Crippen molar-refractivity contribution >= 4 is 17.7 Å². The minimum absolute atomic E-state index is 0.0280. The highest BCUT2D eigenvalue weighted by atomic mass is 16.6. The molecular formula is C16H19N3O5. The van der Waals surface area contributed by atoms with E-state index in [2.05, 4.69) is 9.69 Å². The molecule has 1 saturated heterocycles. The fraction of sp³-hybridized carbons (Fsp3) is 0.438. The van der Waals surface area contributed by atoms with E-state index < -0.39 is 17.7 Å². The van der Waals surface area contributed by atoms with Crippen LogP contribution in [0, 0.1) is 0 Å². The molecule has 0 unspecified atom stereocenters. The van der Waals surface area contributed by atoms with Crippen molar-refractivity contribution in [1.82, 2.24) is 4.90 Å². The third-order valence-electron chi connectivity index (χ3n) is 3.44. The Labute approximate surface area is 139 Å². The molecule has 128 valence electrons. The molecule has 0 radical (unpaired) electrons. The smallest absolute Gasteiger partial charge is 0.455 e. The molecule has 1 fully saturated rings. The van der Waals surface area contributed by atoms with E-state index in [0.717, 1.165) is 18.7 Å². The minimum atomic E-state index is -1.03. The molecule has 0 N–H and O–H groups in total. The summed E-state index contributed by atoms with van der Waals surface area (Å²) in [6, 6.07) is 8.96. The second kappa shape index (κ2) is 9.57. The summed E-state index contributed by atoms with van der Waals surface area (Å²) in [5.74, 6) is -2.04. The van der Waals surface area contributed by atoms with E-state index in [0.29, 0.717) is 19.8 Å². The van der Waals surface area contributed by atoms with Crippen molar-refractivity contribution in [2.24, 2.45) is 0 Å². The number of rotatable bonds is 7. The van der Waals surface area contributed by atoms with Gasteiger partial charge in [-0.05, 0) is 5.56 Å². The number of ether oxygens (including phenoxy) is 3. The fourth-order valence-electron chi connectivity index (χ4n) is 2.12. The van der Waals surface area contributed by atoms with Crippen molar-refractivity contribution in [1.29, 1.82) is 0 Å². The van der Waals surface area contributed by atoms with E-state index in [4.69, 9.17) is 19.7 Å². The van der Waals surface area contributed by atoms with Crippen LogP contribution in [-0.4, -0.2) is 66.8 Å². The Morgan fingerprint density at radius 3 is 2.46 bits per heavy atom. The summed E-state index contributed by atoms with van der Waals surface area (Å²) in [4.78, 5) is 28.4. The van der Waals surface area contributed by atoms with Crippen molar-refractivity contribution in [3.05, 3.63) is 41.4 Å². The van der Waals surface area contributed by atoms with Gasteiger partial charge in [0.15, 0.2) is 0 Å². The first-order valence-electron chi connectivity index (χ1n) is 7.61. The van der Waals surface area contributed by atoms with Crippen LogP contribution in [0.1, 0.15) is 5.56 Å². The Morgan fingerprint density at radius 2 is 1.79 bits per heavy atom. The van der Waals surface area contributed by atoms with Gasteiger partial charge in [-0.25, -0.2) is 9.59 Å². The second-order valence-corrected chi connectivity index (χ2v) is 5.10. The van der Waals surface area contributed by atoms with Crippen molar-refractivity contribution in [3.63, 3.8) is 0 Å². The Kier molecular flexibility index (Phi) is 7.10. The standard InChI is InChI=1S/C16H19N3O5/c17-18-14(16(21)24-12-13-4-2-1-3-5-13)15(20)23-11-8-19-6-9-22-10-7-19/h1-5H,6-12H2. The number of morpholine rings is 1. The molecule has 1 aliphatic rings. The molecule has 1 aromatic carbocycles. The van der Waals surface area contributed by atoms with E-state index >= 15 is 0 Å². The van der Waals surface area contributed by atoms with Gasteiger partial charge in [-0.1, -0.05) is 30.3 Å². The molecule has 0 saturated carbocycles. The fourth-order valence-corrected chi connectivity index (χ4v) is 2.12. The van der Waals surface area contributed by atoms with E-state index in [1.54, 1.807) is 24.3 Å². The quantitative estimate of drug-likeness (QED) is 0.233. The van der Waals surface area contributed by atoms with Crippen LogP contribution in [0.25, 0.3) is 5.53 Å². The van der Waals surface area contributed by atoms with Crippen LogP contribution in [0.2, 0.25) is 0 Å². The van der Waals surface area contributed by atoms with Crippen LogP contribution in [0.3, 0.4) is 0 Å². The lowest BCUT2D eigenvalue weighted by Gasteiger charge is -2.25. The van der Waals surface area contributed by atoms with Crippen molar-refractivity contribution < 1.29 is 28.6 Å². The summed E-state index contributed by atoms with van der Waals surface area (Å²) in [5, 5.41) is 0. The zero-order chi connectivity index (χ0) is 17.2. The topological polar surface area (TPSA) is 101 Å². The first-order valence-corrected chi connectivity index (χ1v) is 7.61. The second-order valence-electron chi connectivity index (χ2n) is 5.10. The summed E-state index contributed by atoms with van der Waals surface area (Å²) in [5.41, 5.74) is 8.85. The van der Waals surface area contributed by atoms with Gasteiger partial charge in [-0.2, -0.15) is 4.79 Å². The maximum absolute atomic E-state index is 11.8. The normalized spacial score (nSPS) is 14.5. The van der Waals surface area contributed by atoms with Gasteiger partial charge >= 0.3 is 17.7 Å². The van der Waals surface area contributed by atoms with Gasteiger partial charge in [0.2, 0.25) is 0 Å². The van der Waals surface area contributed by atoms with Gasteiger partial charge < -0.3 is 19.7 Å². The molecule has 1 heterocycles. The van der Waals surface area contributed by atoms with Crippen LogP contribution in [0.5, 0.6) is 0 Å². The van der Waals surface area contributed by atoms with Crippen LogP contribution in [0.4, 0.5) is 0 Å². The first kappa shape index (κ1) is 17.8. The number of esters is 2. The molecule has 1 aromatic rings. The molecule has 0 atom stereocenters. The predicted molar refractivity (Wildman–Crippen MR) is 83.1 cm³/mol. The third-order valence-corrected chi connectivity index (χ3v) is 3.44. The lowest BCUT2D eigenvalue weighted by molar-refractivity contribution is -0.150. The molecule has 24 heavy (non-hydrogen) atoms. The van der Waals surface area contributed by atoms with E-state index in [1.165, 1.54) is 0 Å². The molecule has 0 aliphatic carbocycles. The number of nitrogens with zero attached hydrogens (tertiary/aromatic N) is 3. The van der Waals surface area contributed by atoms with Crippen LogP contribution in [0.15, 0.2) is 30.3 Å². The largest absolute Gasteiger partial charge is 0.482 e. The van der Waals surface area contributed by atoms with E-state index in [9.17, 15) is 9.59 Å². The number of carbonyl (C=O) groups is 2. The molecule has 1 aliphatic heterocycles. The average molecular weight is 333 g/mol. The Hall–Kier alpha value is -2.54. The lowest BCUT2D eigenvalue weighted by atomic mass is 10.2. The van der Waals surface area contributed by atoms with Gasteiger partial charge in [0.05, 0.1) is 13.2 Å². The SMILES string of the molecule is [N-]=[N+]=C(C(=O)OCCN1CCOCC1)C(=O)OCc1ccccc1. The Balaban J connectivity index is 1.75. The van der Waals surface area contributed by atoms with Crippen molar-refractivity contribution in [2.75, 3.05) is 39.5 Å². The average Bonchev–Trinajstić information content (AvgIpc) is 2.62. The molecule has 2 rings (SSSR count). The summed E-state index contributed by atoms with van der Waals surface area (Å²) < 4.78 is 15.1. The molecule has 0 spiro atoms. The number of carbonyl (C=O) groups excluding carboxylic acids is 2. The van der Waals surface area contributed by atoms with E-state index in [-0.39, 0.29) is 13.2 Å². The minimum Gasteiger partial charge on any atom is -0.455 e. The van der Waals surface area contributed by atoms with E-state index in [1.807, 2.05) is 6.07 Å². The number of benzene rings is 1. The number of hydrogen-bond acceptors (Lipinski definition) is 6. The van der Waals surface area contributed by atoms with Gasteiger partial charge in [-0.3, -0.25) is 4.90 Å². The number of hydrogen-bond donors (Lipinski definition) is 0. The summed E-state index contributed by atoms with van der Waals surface area (Å²) in [7, 11) is 0. The third kappa shape index (κ3) is 5.58. The maximum atomic E-state index is 11.8. The lowest BCUT2D eigenvalue weighted by Crippen LogP contribution is -2.39. The predicted octanol–water partition coefficient (Wildman–Crippen LogP) is 0.276. The highest BCUT2D eigenvalue weighted by molar-refractivity contribution is 6.60. The highest BCUT2D eigenvalue weighted by Gasteiger charge is 2.33. The molecule has 0 bridgehead atoms. The summed E-state index contributed by atoms with van der Waals surface area (Å²) in [6.45, 7) is 3.39. The van der Waals surface area contributed by atoms with Crippen molar-refractivity contribution in [3.8, 4) is 0 Å². The zero-order valence-corrected chi connectivity index (χ0v) is 13.2. The van der Waals surface area contributed by atoms with Gasteiger partial charge in [0.1, 0.15) is 13.2 Å². The maximum Gasteiger partial charge on any atom is 0.482 e. The van der Waals surface area contributed by atoms with Gasteiger partial charge in [-0.15, -0.1) is 0 Å². The molecule has 0 aromatic heterocycles. The summed E-state index contributed by atoms with van der Waals surface area (Å²) >= 11 is 0. The van der Waals surface area contributed by atoms with Crippen LogP contribution in [-0.2, 0) is 30.4 Å². The first-order chi connectivity index (χ1) is 11.7. The van der Waals surface area contributed by atoms with Gasteiger partial charge in [0, 0.05) is 19.6 Å². The zero-order valence-electron chi connectivity index (χ0n) is 13.2. The molecule has 8 nitrogen and oxygen atoms in total.